The summed E-state index contributed by atoms with van der Waals surface area (Å²) in [5, 5.41) is 3.03. The molecule has 90 valence electrons. The summed E-state index contributed by atoms with van der Waals surface area (Å²) < 4.78 is 31.7. The first-order valence-electron chi connectivity index (χ1n) is 4.98. The van der Waals surface area contributed by atoms with Crippen LogP contribution in [0.15, 0.2) is 39.6 Å². The van der Waals surface area contributed by atoms with Crippen molar-refractivity contribution < 1.29 is 13.2 Å². The Kier molecular flexibility index (Phi) is 3.59. The summed E-state index contributed by atoms with van der Waals surface area (Å²) in [4.78, 5) is 0. The van der Waals surface area contributed by atoms with Crippen molar-refractivity contribution in [3.63, 3.8) is 0 Å². The second kappa shape index (κ2) is 4.98. The quantitative estimate of drug-likeness (QED) is 0.936. The molecular formula is C12H10BrF2NO. The Balaban J connectivity index is 2.42. The monoisotopic (exact) mass is 301 g/mol. The highest BCUT2D eigenvalue weighted by Gasteiger charge is 2.18. The Morgan fingerprint density at radius 2 is 2.00 bits per heavy atom. The minimum absolute atomic E-state index is 0.252. The van der Waals surface area contributed by atoms with Gasteiger partial charge < -0.3 is 9.73 Å². The van der Waals surface area contributed by atoms with Crippen molar-refractivity contribution in [3.8, 4) is 0 Å². The fraction of sp³-hybridized carbons (Fsp3) is 0.167. The molecule has 0 bridgehead atoms. The number of rotatable bonds is 3. The van der Waals surface area contributed by atoms with Gasteiger partial charge in [-0.25, -0.2) is 8.78 Å². The Morgan fingerprint density at radius 1 is 1.24 bits per heavy atom. The summed E-state index contributed by atoms with van der Waals surface area (Å²) in [6.07, 6.45) is 1.53. The first-order chi connectivity index (χ1) is 8.13. The maximum absolute atomic E-state index is 13.2. The fourth-order valence-electron chi connectivity index (χ4n) is 1.70. The van der Waals surface area contributed by atoms with Crippen molar-refractivity contribution in [2.45, 2.75) is 6.04 Å². The summed E-state index contributed by atoms with van der Waals surface area (Å²) in [5.74, 6) is -1.71. The molecule has 0 radical (unpaired) electrons. The topological polar surface area (TPSA) is 25.2 Å². The molecule has 0 fully saturated rings. The van der Waals surface area contributed by atoms with Crippen molar-refractivity contribution in [1.29, 1.82) is 0 Å². The molecule has 0 aliphatic carbocycles. The summed E-state index contributed by atoms with van der Waals surface area (Å²) in [7, 11) is 1.74. The molecule has 1 unspecified atom stereocenters. The van der Waals surface area contributed by atoms with E-state index in [9.17, 15) is 8.78 Å². The van der Waals surface area contributed by atoms with Crippen molar-refractivity contribution in [3.05, 3.63) is 58.0 Å². The van der Waals surface area contributed by atoms with Gasteiger partial charge in [0.2, 0.25) is 0 Å². The highest BCUT2D eigenvalue weighted by molar-refractivity contribution is 9.10. The number of furan rings is 1. The average molecular weight is 302 g/mol. The zero-order chi connectivity index (χ0) is 12.4. The smallest absolute Gasteiger partial charge is 0.174 e. The van der Waals surface area contributed by atoms with Gasteiger partial charge in [0.25, 0.3) is 0 Å². The van der Waals surface area contributed by atoms with E-state index in [4.69, 9.17) is 4.42 Å². The van der Waals surface area contributed by atoms with Crippen molar-refractivity contribution in [2.24, 2.45) is 0 Å². The van der Waals surface area contributed by atoms with E-state index in [2.05, 4.69) is 21.2 Å². The van der Waals surface area contributed by atoms with Gasteiger partial charge in [-0.05, 0) is 46.7 Å². The van der Waals surface area contributed by atoms with E-state index in [0.717, 1.165) is 11.6 Å². The van der Waals surface area contributed by atoms with Crippen LogP contribution >= 0.6 is 15.9 Å². The molecule has 0 aliphatic rings. The van der Waals surface area contributed by atoms with E-state index < -0.39 is 11.6 Å². The van der Waals surface area contributed by atoms with E-state index in [0.29, 0.717) is 10.2 Å². The maximum atomic E-state index is 13.2. The Morgan fingerprint density at radius 3 is 2.53 bits per heavy atom. The Hall–Kier alpha value is -1.20. The highest BCUT2D eigenvalue weighted by Crippen LogP contribution is 2.29. The Labute approximate surface area is 106 Å². The van der Waals surface area contributed by atoms with Gasteiger partial charge in [-0.2, -0.15) is 0 Å². The molecule has 0 spiro atoms. The summed E-state index contributed by atoms with van der Waals surface area (Å²) in [5.41, 5.74) is 1.46. The number of nitrogens with one attached hydrogen (secondary N) is 1. The zero-order valence-corrected chi connectivity index (χ0v) is 10.6. The minimum Gasteiger partial charge on any atom is -0.457 e. The average Bonchev–Trinajstić information content (AvgIpc) is 2.71. The van der Waals surface area contributed by atoms with Gasteiger partial charge in [-0.15, -0.1) is 0 Å². The lowest BCUT2D eigenvalue weighted by Gasteiger charge is -2.15. The van der Waals surface area contributed by atoms with Crippen LogP contribution in [0.3, 0.4) is 0 Å². The van der Waals surface area contributed by atoms with Crippen LogP contribution in [0.4, 0.5) is 8.78 Å². The summed E-state index contributed by atoms with van der Waals surface area (Å²) >= 11 is 3.26. The molecule has 1 aromatic carbocycles. The van der Waals surface area contributed by atoms with Gasteiger partial charge in [-0.3, -0.25) is 0 Å². The molecule has 0 aliphatic heterocycles. The van der Waals surface area contributed by atoms with Crippen LogP contribution < -0.4 is 5.32 Å². The third-order valence-corrected chi connectivity index (χ3v) is 3.17. The molecule has 2 rings (SSSR count). The van der Waals surface area contributed by atoms with E-state index in [1.54, 1.807) is 19.2 Å². The number of hydrogen-bond acceptors (Lipinski definition) is 2. The van der Waals surface area contributed by atoms with Gasteiger partial charge >= 0.3 is 0 Å². The summed E-state index contributed by atoms with van der Waals surface area (Å²) in [6.45, 7) is 0. The van der Waals surface area contributed by atoms with Crippen LogP contribution in [0.2, 0.25) is 0 Å². The number of benzene rings is 1. The molecule has 1 heterocycles. The molecule has 2 nitrogen and oxygen atoms in total. The second-order valence-corrected chi connectivity index (χ2v) is 4.27. The molecule has 5 heteroatoms. The lowest BCUT2D eigenvalue weighted by atomic mass is 10.0. The predicted molar refractivity (Wildman–Crippen MR) is 63.7 cm³/mol. The first-order valence-corrected chi connectivity index (χ1v) is 5.78. The second-order valence-electron chi connectivity index (χ2n) is 3.54. The molecule has 1 N–H and O–H groups in total. The van der Waals surface area contributed by atoms with Crippen LogP contribution in [0.25, 0.3) is 0 Å². The molecule has 17 heavy (non-hydrogen) atoms. The van der Waals surface area contributed by atoms with Crippen LogP contribution in [-0.2, 0) is 0 Å². The molecule has 2 aromatic rings. The third kappa shape index (κ3) is 2.40. The van der Waals surface area contributed by atoms with Gasteiger partial charge in [0.15, 0.2) is 16.3 Å². The van der Waals surface area contributed by atoms with E-state index >= 15 is 0 Å². The Bertz CT molecular complexity index is 527. The van der Waals surface area contributed by atoms with E-state index in [1.165, 1.54) is 12.3 Å². The first kappa shape index (κ1) is 12.3. The third-order valence-electron chi connectivity index (χ3n) is 2.52. The number of hydrogen-bond donors (Lipinski definition) is 1. The molecule has 1 atom stereocenters. The standard InChI is InChI=1S/C12H10BrF2NO/c1-16-11(8-4-5-17-12(8)13)7-2-3-9(14)10(15)6-7/h2-6,11,16H,1H3. The molecule has 0 saturated heterocycles. The maximum Gasteiger partial charge on any atom is 0.174 e. The lowest BCUT2D eigenvalue weighted by Crippen LogP contribution is -2.17. The van der Waals surface area contributed by atoms with Gasteiger partial charge in [0.05, 0.1) is 12.3 Å². The van der Waals surface area contributed by atoms with E-state index in [-0.39, 0.29) is 6.04 Å². The normalized spacial score (nSPS) is 12.7. The van der Waals surface area contributed by atoms with Crippen molar-refractivity contribution in [2.75, 3.05) is 7.05 Å². The minimum atomic E-state index is -0.859. The molecular weight excluding hydrogens is 292 g/mol. The highest BCUT2D eigenvalue weighted by atomic mass is 79.9. The predicted octanol–water partition coefficient (Wildman–Crippen LogP) is 3.63. The van der Waals surface area contributed by atoms with Gasteiger partial charge in [0.1, 0.15) is 0 Å². The van der Waals surface area contributed by atoms with Gasteiger partial charge in [-0.1, -0.05) is 6.07 Å². The van der Waals surface area contributed by atoms with E-state index in [1.807, 2.05) is 0 Å². The zero-order valence-electron chi connectivity index (χ0n) is 9.01. The molecule has 0 amide bonds. The molecule has 1 aromatic heterocycles. The van der Waals surface area contributed by atoms with Crippen LogP contribution in [-0.4, -0.2) is 7.05 Å². The van der Waals surface area contributed by atoms with Gasteiger partial charge in [0, 0.05) is 5.56 Å². The largest absolute Gasteiger partial charge is 0.457 e. The van der Waals surface area contributed by atoms with Crippen LogP contribution in [0.1, 0.15) is 17.2 Å². The number of halogens is 3. The lowest BCUT2D eigenvalue weighted by molar-refractivity contribution is 0.503. The van der Waals surface area contributed by atoms with Crippen LogP contribution in [0.5, 0.6) is 0 Å². The van der Waals surface area contributed by atoms with Crippen molar-refractivity contribution >= 4 is 15.9 Å². The fourth-order valence-corrected chi connectivity index (χ4v) is 2.17. The molecule has 0 saturated carbocycles. The SMILES string of the molecule is CNC(c1ccc(F)c(F)c1)c1ccoc1Br. The van der Waals surface area contributed by atoms with Crippen LogP contribution in [0, 0.1) is 11.6 Å². The summed E-state index contributed by atoms with van der Waals surface area (Å²) in [6, 6.07) is 5.35. The van der Waals surface area contributed by atoms with Crippen molar-refractivity contribution in [1.82, 2.24) is 5.32 Å².